The molecule has 132 valence electrons. The minimum Gasteiger partial charge on any atom is -0.493 e. The van der Waals surface area contributed by atoms with Crippen LogP contribution in [0.25, 0.3) is 0 Å². The van der Waals surface area contributed by atoms with E-state index in [4.69, 9.17) is 9.47 Å². The van der Waals surface area contributed by atoms with Crippen LogP contribution in [0.4, 0.5) is 0 Å². The zero-order valence-corrected chi connectivity index (χ0v) is 15.9. The number of ether oxygens (including phenoxy) is 2. The third-order valence-electron chi connectivity index (χ3n) is 3.99. The molecule has 1 saturated heterocycles. The van der Waals surface area contributed by atoms with Crippen LogP contribution in [0.5, 0.6) is 11.5 Å². The number of rotatable bonds is 4. The zero-order chi connectivity index (χ0) is 17.7. The van der Waals surface area contributed by atoms with Crippen molar-refractivity contribution < 1.29 is 19.1 Å². The Morgan fingerprint density at radius 2 is 1.83 bits per heavy atom. The summed E-state index contributed by atoms with van der Waals surface area (Å²) in [6.45, 7) is 6.39. The molecule has 1 aliphatic heterocycles. The van der Waals surface area contributed by atoms with Crippen molar-refractivity contribution in [2.75, 3.05) is 39.9 Å². The lowest BCUT2D eigenvalue weighted by Crippen LogP contribution is -2.36. The van der Waals surface area contributed by atoms with Gasteiger partial charge in [0.2, 0.25) is 5.91 Å². The van der Waals surface area contributed by atoms with Crippen molar-refractivity contribution in [1.82, 2.24) is 9.80 Å². The monoisotopic (exact) mass is 398 g/mol. The lowest BCUT2D eigenvalue weighted by molar-refractivity contribution is -0.128. The highest BCUT2D eigenvalue weighted by Crippen LogP contribution is 2.37. The Labute approximate surface area is 150 Å². The maximum absolute atomic E-state index is 12.8. The van der Waals surface area contributed by atoms with Crippen LogP contribution < -0.4 is 9.47 Å². The summed E-state index contributed by atoms with van der Waals surface area (Å²) in [4.78, 5) is 27.9. The minimum absolute atomic E-state index is 0.0507. The molecular formula is C17H23BrN2O4. The molecule has 1 fully saturated rings. The van der Waals surface area contributed by atoms with Gasteiger partial charge in [-0.2, -0.15) is 0 Å². The summed E-state index contributed by atoms with van der Waals surface area (Å²) in [6, 6.07) is 3.45. The van der Waals surface area contributed by atoms with Crippen molar-refractivity contribution in [1.29, 1.82) is 0 Å². The van der Waals surface area contributed by atoms with E-state index in [1.807, 2.05) is 6.92 Å². The number of halogens is 1. The largest absolute Gasteiger partial charge is 0.493 e. The number of benzene rings is 1. The summed E-state index contributed by atoms with van der Waals surface area (Å²) in [7, 11) is 1.55. The number of carbonyl (C=O) groups is 2. The third-order valence-corrected chi connectivity index (χ3v) is 4.58. The molecular weight excluding hydrogens is 376 g/mol. The molecule has 0 atom stereocenters. The topological polar surface area (TPSA) is 59.1 Å². The van der Waals surface area contributed by atoms with Gasteiger partial charge in [-0.25, -0.2) is 0 Å². The van der Waals surface area contributed by atoms with Crippen LogP contribution in [0, 0.1) is 0 Å². The van der Waals surface area contributed by atoms with Crippen molar-refractivity contribution in [3.63, 3.8) is 0 Å². The molecule has 7 heteroatoms. The van der Waals surface area contributed by atoms with Crippen molar-refractivity contribution >= 4 is 27.7 Å². The first-order chi connectivity index (χ1) is 11.5. The lowest BCUT2D eigenvalue weighted by Gasteiger charge is -2.22. The van der Waals surface area contributed by atoms with E-state index in [1.165, 1.54) is 0 Å². The van der Waals surface area contributed by atoms with Gasteiger partial charge in [0.15, 0.2) is 11.5 Å². The van der Waals surface area contributed by atoms with Gasteiger partial charge in [-0.15, -0.1) is 0 Å². The number of carbonyl (C=O) groups excluding carboxylic acids is 2. The zero-order valence-electron chi connectivity index (χ0n) is 14.3. The van der Waals surface area contributed by atoms with Gasteiger partial charge < -0.3 is 19.3 Å². The molecule has 0 N–H and O–H groups in total. The molecule has 1 aromatic carbocycles. The average Bonchev–Trinajstić information content (AvgIpc) is 2.82. The molecule has 2 amide bonds. The SMILES string of the molecule is CCOc1c(Br)cc(C(=O)N2CCCN(C(C)=O)CC2)cc1OC. The fourth-order valence-electron chi connectivity index (χ4n) is 2.75. The molecule has 1 aromatic rings. The normalized spacial score (nSPS) is 15.0. The highest BCUT2D eigenvalue weighted by molar-refractivity contribution is 9.10. The minimum atomic E-state index is -0.0672. The lowest BCUT2D eigenvalue weighted by atomic mass is 10.1. The van der Waals surface area contributed by atoms with Crippen LogP contribution in [-0.2, 0) is 4.79 Å². The Balaban J connectivity index is 2.20. The average molecular weight is 399 g/mol. The van der Waals surface area contributed by atoms with Gasteiger partial charge in [-0.1, -0.05) is 0 Å². The molecule has 0 aromatic heterocycles. The summed E-state index contributed by atoms with van der Waals surface area (Å²) >= 11 is 3.45. The summed E-state index contributed by atoms with van der Waals surface area (Å²) in [5.74, 6) is 1.10. The highest BCUT2D eigenvalue weighted by Gasteiger charge is 2.23. The second kappa shape index (κ2) is 8.37. The van der Waals surface area contributed by atoms with Crippen molar-refractivity contribution in [3.05, 3.63) is 22.2 Å². The van der Waals surface area contributed by atoms with Crippen LogP contribution in [0.3, 0.4) is 0 Å². The highest BCUT2D eigenvalue weighted by atomic mass is 79.9. The standard InChI is InChI=1S/C17H23BrN2O4/c1-4-24-16-14(18)10-13(11-15(16)23-3)17(22)20-7-5-6-19(8-9-20)12(2)21/h10-11H,4-9H2,1-3H3. The first-order valence-electron chi connectivity index (χ1n) is 8.03. The predicted octanol–water partition coefficient (Wildman–Crippen LogP) is 2.55. The molecule has 6 nitrogen and oxygen atoms in total. The molecule has 0 saturated carbocycles. The van der Waals surface area contributed by atoms with Gasteiger partial charge in [0.25, 0.3) is 5.91 Å². The Morgan fingerprint density at radius 1 is 1.17 bits per heavy atom. The Morgan fingerprint density at radius 3 is 2.46 bits per heavy atom. The number of hydrogen-bond donors (Lipinski definition) is 0. The Kier molecular flexibility index (Phi) is 6.48. The third kappa shape index (κ3) is 4.20. The molecule has 1 heterocycles. The summed E-state index contributed by atoms with van der Waals surface area (Å²) < 4.78 is 11.6. The smallest absolute Gasteiger partial charge is 0.254 e. The number of hydrogen-bond acceptors (Lipinski definition) is 4. The van der Waals surface area contributed by atoms with Gasteiger partial charge in [-0.3, -0.25) is 9.59 Å². The van der Waals surface area contributed by atoms with Crippen LogP contribution in [-0.4, -0.2) is 61.5 Å². The Bertz CT molecular complexity index is 621. The van der Waals surface area contributed by atoms with E-state index in [2.05, 4.69) is 15.9 Å². The van der Waals surface area contributed by atoms with E-state index >= 15 is 0 Å². The van der Waals surface area contributed by atoms with Gasteiger partial charge in [0.1, 0.15) is 0 Å². The number of amides is 2. The number of methoxy groups -OCH3 is 1. The maximum atomic E-state index is 12.8. The molecule has 1 aliphatic rings. The molecule has 2 rings (SSSR count). The quantitative estimate of drug-likeness (QED) is 0.781. The van der Waals surface area contributed by atoms with Gasteiger partial charge in [0, 0.05) is 38.7 Å². The molecule has 24 heavy (non-hydrogen) atoms. The number of nitrogens with zero attached hydrogens (tertiary/aromatic N) is 2. The summed E-state index contributed by atoms with van der Waals surface area (Å²) in [5.41, 5.74) is 0.540. The second-order valence-corrected chi connectivity index (χ2v) is 6.43. The molecule has 0 radical (unpaired) electrons. The molecule has 0 unspecified atom stereocenters. The van der Waals surface area contributed by atoms with E-state index in [0.717, 1.165) is 6.42 Å². The van der Waals surface area contributed by atoms with Gasteiger partial charge in [-0.05, 0) is 41.4 Å². The predicted molar refractivity (Wildman–Crippen MR) is 94.6 cm³/mol. The van der Waals surface area contributed by atoms with Crippen molar-refractivity contribution in [2.45, 2.75) is 20.3 Å². The van der Waals surface area contributed by atoms with Crippen molar-refractivity contribution in [3.8, 4) is 11.5 Å². The summed E-state index contributed by atoms with van der Waals surface area (Å²) in [5, 5.41) is 0. The van der Waals surface area contributed by atoms with Crippen molar-refractivity contribution in [2.24, 2.45) is 0 Å². The van der Waals surface area contributed by atoms with Crippen LogP contribution in [0.2, 0.25) is 0 Å². The van der Waals surface area contributed by atoms with Crippen LogP contribution in [0.1, 0.15) is 30.6 Å². The van der Waals surface area contributed by atoms with Gasteiger partial charge >= 0.3 is 0 Å². The van der Waals surface area contributed by atoms with E-state index in [0.29, 0.717) is 54.3 Å². The molecule has 0 spiro atoms. The molecule has 0 aliphatic carbocycles. The van der Waals surface area contributed by atoms with E-state index in [1.54, 1.807) is 36.0 Å². The summed E-state index contributed by atoms with van der Waals surface area (Å²) in [6.07, 6.45) is 0.778. The fourth-order valence-corrected chi connectivity index (χ4v) is 3.30. The molecule has 0 bridgehead atoms. The van der Waals surface area contributed by atoms with Crippen LogP contribution in [0.15, 0.2) is 16.6 Å². The van der Waals surface area contributed by atoms with Gasteiger partial charge in [0.05, 0.1) is 18.2 Å². The second-order valence-electron chi connectivity index (χ2n) is 5.57. The van der Waals surface area contributed by atoms with E-state index in [-0.39, 0.29) is 11.8 Å². The fraction of sp³-hybridized carbons (Fsp3) is 0.529. The van der Waals surface area contributed by atoms with Crippen LogP contribution >= 0.6 is 15.9 Å². The van der Waals surface area contributed by atoms with E-state index < -0.39 is 0 Å². The maximum Gasteiger partial charge on any atom is 0.254 e. The van der Waals surface area contributed by atoms with E-state index in [9.17, 15) is 9.59 Å². The first-order valence-corrected chi connectivity index (χ1v) is 8.82. The Hall–Kier alpha value is -1.76. The first kappa shape index (κ1) is 18.6.